The summed E-state index contributed by atoms with van der Waals surface area (Å²) < 4.78 is 43.8. The molecule has 2 aromatic rings. The fourth-order valence-electron chi connectivity index (χ4n) is 2.71. The van der Waals surface area contributed by atoms with E-state index in [-0.39, 0.29) is 17.4 Å². The monoisotopic (exact) mass is 357 g/mol. The maximum atomic E-state index is 12.7. The van der Waals surface area contributed by atoms with Gasteiger partial charge in [0.1, 0.15) is 11.6 Å². The van der Waals surface area contributed by atoms with Gasteiger partial charge >= 0.3 is 6.36 Å². The summed E-state index contributed by atoms with van der Waals surface area (Å²) in [7, 11) is 1.68. The van der Waals surface area contributed by atoms with E-state index in [0.717, 1.165) is 0 Å². The Hall–Kier alpha value is -2.16. The number of nitrogens with zero attached hydrogens (tertiary/aromatic N) is 2. The summed E-state index contributed by atoms with van der Waals surface area (Å²) >= 11 is 1.24. The minimum absolute atomic E-state index is 0.124. The van der Waals surface area contributed by atoms with Crippen LogP contribution in [0.15, 0.2) is 24.3 Å². The number of rotatable bonds is 2. The van der Waals surface area contributed by atoms with E-state index in [4.69, 9.17) is 0 Å². The summed E-state index contributed by atoms with van der Waals surface area (Å²) in [6.45, 7) is 1.76. The molecule has 128 valence electrons. The van der Waals surface area contributed by atoms with Gasteiger partial charge in [-0.05, 0) is 13.0 Å². The molecule has 9 heteroatoms. The summed E-state index contributed by atoms with van der Waals surface area (Å²) in [4.78, 5) is 11.9. The molecule has 0 fully saturated rings. The van der Waals surface area contributed by atoms with Gasteiger partial charge in [-0.2, -0.15) is 5.10 Å². The first-order chi connectivity index (χ1) is 11.3. The third-order valence-corrected chi connectivity index (χ3v) is 4.85. The Balaban J connectivity index is 2.12. The topological polar surface area (TPSA) is 56.2 Å². The third kappa shape index (κ3) is 3.21. The van der Waals surface area contributed by atoms with Crippen molar-refractivity contribution in [2.75, 3.05) is 11.1 Å². The van der Waals surface area contributed by atoms with Crippen LogP contribution in [0.1, 0.15) is 22.1 Å². The Morgan fingerprint density at radius 3 is 2.79 bits per heavy atom. The third-order valence-electron chi connectivity index (χ3n) is 3.60. The SMILES string of the molecule is Cc1nn(C)c2c1[C@@H](c1ccccc1OC(F)(F)F)SCC(=O)N2. The summed E-state index contributed by atoms with van der Waals surface area (Å²) in [6.07, 6.45) is -4.79. The quantitative estimate of drug-likeness (QED) is 0.895. The number of hydrogen-bond acceptors (Lipinski definition) is 4. The molecule has 1 aliphatic rings. The van der Waals surface area contributed by atoms with Gasteiger partial charge in [0, 0.05) is 18.2 Å². The van der Waals surface area contributed by atoms with E-state index in [1.807, 2.05) is 0 Å². The van der Waals surface area contributed by atoms with Crippen LogP contribution in [0.3, 0.4) is 0 Å². The lowest BCUT2D eigenvalue weighted by molar-refractivity contribution is -0.274. The number of alkyl halides is 3. The number of hydrogen-bond donors (Lipinski definition) is 1. The Morgan fingerprint density at radius 2 is 2.08 bits per heavy atom. The normalized spacial score (nSPS) is 17.9. The van der Waals surface area contributed by atoms with Gasteiger partial charge in [0.15, 0.2) is 0 Å². The average molecular weight is 357 g/mol. The Labute approximate surface area is 140 Å². The molecule has 0 saturated heterocycles. The second-order valence-corrected chi connectivity index (χ2v) is 6.39. The molecule has 2 heterocycles. The number of thioether (sulfide) groups is 1. The molecule has 5 nitrogen and oxygen atoms in total. The first-order valence-corrected chi connectivity index (χ1v) is 8.11. The second-order valence-electron chi connectivity index (χ2n) is 5.30. The molecule has 0 unspecified atom stereocenters. The Morgan fingerprint density at radius 1 is 1.38 bits per heavy atom. The van der Waals surface area contributed by atoms with E-state index in [1.165, 1.54) is 28.6 Å². The highest BCUT2D eigenvalue weighted by atomic mass is 32.2. The minimum atomic E-state index is -4.79. The van der Waals surface area contributed by atoms with Crippen molar-refractivity contribution in [1.82, 2.24) is 9.78 Å². The van der Waals surface area contributed by atoms with Crippen LogP contribution >= 0.6 is 11.8 Å². The van der Waals surface area contributed by atoms with Crippen LogP contribution in [-0.4, -0.2) is 27.8 Å². The number of aryl methyl sites for hydroxylation is 2. The molecule has 0 aliphatic carbocycles. The fraction of sp³-hybridized carbons (Fsp3) is 0.333. The van der Waals surface area contributed by atoms with Gasteiger partial charge in [0.2, 0.25) is 5.91 Å². The summed E-state index contributed by atoms with van der Waals surface area (Å²) in [5.74, 6) is 0.125. The largest absolute Gasteiger partial charge is 0.573 e. The molecule has 1 aliphatic heterocycles. The van der Waals surface area contributed by atoms with Crippen molar-refractivity contribution in [2.45, 2.75) is 18.5 Å². The molecule has 0 bridgehead atoms. The number of halogens is 3. The highest BCUT2D eigenvalue weighted by molar-refractivity contribution is 8.00. The van der Waals surface area contributed by atoms with Crippen LogP contribution in [0.25, 0.3) is 0 Å². The highest BCUT2D eigenvalue weighted by Gasteiger charge is 2.35. The molecule has 3 rings (SSSR count). The lowest BCUT2D eigenvalue weighted by Crippen LogP contribution is -2.18. The van der Waals surface area contributed by atoms with Crippen molar-refractivity contribution in [3.8, 4) is 5.75 Å². The molecule has 24 heavy (non-hydrogen) atoms. The van der Waals surface area contributed by atoms with E-state index in [2.05, 4.69) is 15.2 Å². The van der Waals surface area contributed by atoms with Gasteiger partial charge < -0.3 is 10.1 Å². The summed E-state index contributed by atoms with van der Waals surface area (Å²) in [5.41, 5.74) is 1.69. The molecule has 1 amide bonds. The first kappa shape index (κ1) is 16.7. The highest BCUT2D eigenvalue weighted by Crippen LogP contribution is 2.46. The van der Waals surface area contributed by atoms with E-state index in [0.29, 0.717) is 22.6 Å². The molecule has 1 aromatic carbocycles. The molecule has 0 radical (unpaired) electrons. The smallest absolute Gasteiger partial charge is 0.405 e. The molecule has 0 saturated carbocycles. The van der Waals surface area contributed by atoms with E-state index >= 15 is 0 Å². The van der Waals surface area contributed by atoms with Crippen molar-refractivity contribution in [2.24, 2.45) is 7.05 Å². The zero-order chi connectivity index (χ0) is 17.5. The van der Waals surface area contributed by atoms with Crippen LogP contribution in [0.4, 0.5) is 19.0 Å². The van der Waals surface area contributed by atoms with Gasteiger partial charge in [-0.1, -0.05) is 18.2 Å². The number of carbonyl (C=O) groups is 1. The van der Waals surface area contributed by atoms with Crippen LogP contribution in [0.5, 0.6) is 5.75 Å². The van der Waals surface area contributed by atoms with Crippen LogP contribution in [0, 0.1) is 6.92 Å². The summed E-state index contributed by atoms with van der Waals surface area (Å²) in [6, 6.07) is 5.97. The predicted molar refractivity (Wildman–Crippen MR) is 84.0 cm³/mol. The number of ether oxygens (including phenoxy) is 1. The first-order valence-electron chi connectivity index (χ1n) is 7.06. The average Bonchev–Trinajstić information content (AvgIpc) is 2.66. The van der Waals surface area contributed by atoms with Crippen LogP contribution in [0.2, 0.25) is 0 Å². The number of para-hydroxylation sites is 1. The Bertz CT molecular complexity index is 789. The number of nitrogens with one attached hydrogen (secondary N) is 1. The molecule has 1 N–H and O–H groups in total. The maximum absolute atomic E-state index is 12.7. The van der Waals surface area contributed by atoms with Crippen LogP contribution in [-0.2, 0) is 11.8 Å². The number of benzene rings is 1. The molecule has 1 atom stereocenters. The van der Waals surface area contributed by atoms with Gasteiger partial charge in [-0.3, -0.25) is 9.48 Å². The molecular weight excluding hydrogens is 343 g/mol. The van der Waals surface area contributed by atoms with Gasteiger partial charge in [0.25, 0.3) is 0 Å². The maximum Gasteiger partial charge on any atom is 0.573 e. The lowest BCUT2D eigenvalue weighted by atomic mass is 10.0. The number of aromatic nitrogens is 2. The van der Waals surface area contributed by atoms with Crippen molar-refractivity contribution < 1.29 is 22.7 Å². The van der Waals surface area contributed by atoms with Crippen molar-refractivity contribution in [3.05, 3.63) is 41.1 Å². The lowest BCUT2D eigenvalue weighted by Gasteiger charge is -2.19. The van der Waals surface area contributed by atoms with Gasteiger partial charge in [-0.15, -0.1) is 24.9 Å². The molecular formula is C15H14F3N3O2S. The van der Waals surface area contributed by atoms with Gasteiger partial charge in [-0.25, -0.2) is 0 Å². The summed E-state index contributed by atoms with van der Waals surface area (Å²) in [5, 5.41) is 6.54. The van der Waals surface area contributed by atoms with E-state index < -0.39 is 11.6 Å². The van der Waals surface area contributed by atoms with Crippen LogP contribution < -0.4 is 10.1 Å². The molecule has 0 spiro atoms. The van der Waals surface area contributed by atoms with E-state index in [1.54, 1.807) is 26.1 Å². The Kier molecular flexibility index (Phi) is 4.20. The number of fused-ring (bicyclic) bond motifs is 1. The van der Waals surface area contributed by atoms with E-state index in [9.17, 15) is 18.0 Å². The fourth-order valence-corrected chi connectivity index (χ4v) is 3.92. The molecule has 1 aromatic heterocycles. The standard InChI is InChI=1S/C15H14F3N3O2S/c1-8-12-13(24-7-11(22)19-14(12)21(2)20-8)9-5-3-4-6-10(9)23-15(16,17)18/h3-6,13H,7H2,1-2H3,(H,19,22)/t13-/m1/s1. The minimum Gasteiger partial charge on any atom is -0.405 e. The zero-order valence-electron chi connectivity index (χ0n) is 12.8. The van der Waals surface area contributed by atoms with Crippen molar-refractivity contribution in [3.63, 3.8) is 0 Å². The van der Waals surface area contributed by atoms with Crippen molar-refractivity contribution in [1.29, 1.82) is 0 Å². The number of carbonyl (C=O) groups excluding carboxylic acids is 1. The second kappa shape index (κ2) is 6.04. The zero-order valence-corrected chi connectivity index (χ0v) is 13.7. The predicted octanol–water partition coefficient (Wildman–Crippen LogP) is 3.40. The van der Waals surface area contributed by atoms with Crippen molar-refractivity contribution >= 4 is 23.5 Å². The number of anilines is 1. The van der Waals surface area contributed by atoms with Gasteiger partial charge in [0.05, 0.1) is 16.7 Å². The number of amides is 1.